The SMILES string of the molecule is COc1ccc(CN2CC[C@@H]3[C@@H](CCCCc4ccccc4OCC(=O)N3C)C2)cn1. The van der Waals surface area contributed by atoms with Gasteiger partial charge in [0.25, 0.3) is 5.91 Å². The van der Waals surface area contributed by atoms with Crippen molar-refractivity contribution < 1.29 is 14.3 Å². The largest absolute Gasteiger partial charge is 0.483 e. The number of nitrogens with zero attached hydrogens (tertiary/aromatic N) is 3. The van der Waals surface area contributed by atoms with Crippen molar-refractivity contribution in [3.05, 3.63) is 53.7 Å². The second-order valence-electron chi connectivity index (χ2n) is 8.71. The number of likely N-dealkylation sites (tertiary alicyclic amines) is 1. The molecule has 166 valence electrons. The molecule has 31 heavy (non-hydrogen) atoms. The molecule has 6 heteroatoms. The second kappa shape index (κ2) is 10.1. The van der Waals surface area contributed by atoms with Crippen molar-refractivity contribution >= 4 is 5.91 Å². The molecule has 2 aliphatic heterocycles. The molecular formula is C25H33N3O3. The molecule has 0 spiro atoms. The summed E-state index contributed by atoms with van der Waals surface area (Å²) in [6.07, 6.45) is 7.34. The van der Waals surface area contributed by atoms with Crippen LogP contribution in [0.5, 0.6) is 11.6 Å². The Balaban J connectivity index is 1.44. The summed E-state index contributed by atoms with van der Waals surface area (Å²) >= 11 is 0. The fourth-order valence-corrected chi connectivity index (χ4v) is 4.92. The number of aromatic nitrogens is 1. The van der Waals surface area contributed by atoms with Gasteiger partial charge in [-0.25, -0.2) is 4.98 Å². The third-order valence-electron chi connectivity index (χ3n) is 6.68. The van der Waals surface area contributed by atoms with Gasteiger partial charge in [0.2, 0.25) is 5.88 Å². The Bertz CT molecular complexity index is 871. The van der Waals surface area contributed by atoms with E-state index in [4.69, 9.17) is 9.47 Å². The van der Waals surface area contributed by atoms with Gasteiger partial charge in [-0.2, -0.15) is 0 Å². The van der Waals surface area contributed by atoms with Crippen molar-refractivity contribution in [1.29, 1.82) is 0 Å². The van der Waals surface area contributed by atoms with Gasteiger partial charge in [-0.3, -0.25) is 9.69 Å². The van der Waals surface area contributed by atoms with E-state index in [1.165, 1.54) is 11.1 Å². The number of amides is 1. The fourth-order valence-electron chi connectivity index (χ4n) is 4.92. The van der Waals surface area contributed by atoms with E-state index in [0.29, 0.717) is 11.8 Å². The highest BCUT2D eigenvalue weighted by Crippen LogP contribution is 2.29. The molecule has 0 aliphatic carbocycles. The minimum atomic E-state index is 0.0678. The maximum atomic E-state index is 12.9. The van der Waals surface area contributed by atoms with Gasteiger partial charge in [0.1, 0.15) is 5.75 Å². The quantitative estimate of drug-likeness (QED) is 0.756. The Morgan fingerprint density at radius 1 is 1.16 bits per heavy atom. The summed E-state index contributed by atoms with van der Waals surface area (Å²) in [6, 6.07) is 12.4. The van der Waals surface area contributed by atoms with Gasteiger partial charge < -0.3 is 14.4 Å². The Hall–Kier alpha value is -2.60. The molecule has 2 aliphatic rings. The van der Waals surface area contributed by atoms with E-state index in [1.54, 1.807) is 7.11 Å². The lowest BCUT2D eigenvalue weighted by molar-refractivity contribution is -0.136. The van der Waals surface area contributed by atoms with Crippen LogP contribution in [0.3, 0.4) is 0 Å². The van der Waals surface area contributed by atoms with Gasteiger partial charge in [0.15, 0.2) is 6.61 Å². The molecule has 1 fully saturated rings. The number of para-hydroxylation sites is 1. The van der Waals surface area contributed by atoms with Crippen LogP contribution in [0.25, 0.3) is 0 Å². The van der Waals surface area contributed by atoms with E-state index in [9.17, 15) is 4.79 Å². The van der Waals surface area contributed by atoms with E-state index < -0.39 is 0 Å². The fraction of sp³-hybridized carbons (Fsp3) is 0.520. The molecule has 1 amide bonds. The number of rotatable bonds is 3. The first kappa shape index (κ1) is 21.6. The molecule has 2 atom stereocenters. The lowest BCUT2D eigenvalue weighted by atomic mass is 9.86. The second-order valence-corrected chi connectivity index (χ2v) is 8.71. The first-order chi connectivity index (χ1) is 15.1. The van der Waals surface area contributed by atoms with Crippen LogP contribution in [0.15, 0.2) is 42.6 Å². The summed E-state index contributed by atoms with van der Waals surface area (Å²) in [7, 11) is 3.59. The van der Waals surface area contributed by atoms with E-state index in [1.807, 2.05) is 42.4 Å². The van der Waals surface area contributed by atoms with E-state index >= 15 is 0 Å². The van der Waals surface area contributed by atoms with Crippen molar-refractivity contribution in [2.45, 2.75) is 44.7 Å². The number of hydrogen-bond donors (Lipinski definition) is 0. The first-order valence-corrected chi connectivity index (χ1v) is 11.3. The Labute approximate surface area is 185 Å². The summed E-state index contributed by atoms with van der Waals surface area (Å²) in [6.45, 7) is 2.98. The zero-order valence-electron chi connectivity index (χ0n) is 18.6. The summed E-state index contributed by atoms with van der Waals surface area (Å²) < 4.78 is 11.1. The van der Waals surface area contributed by atoms with Gasteiger partial charge in [0.05, 0.1) is 7.11 Å². The van der Waals surface area contributed by atoms with Crippen LogP contribution in [0.2, 0.25) is 0 Å². The van der Waals surface area contributed by atoms with E-state index in [2.05, 4.69) is 22.0 Å². The molecule has 1 aromatic carbocycles. The topological polar surface area (TPSA) is 54.9 Å². The molecule has 1 saturated heterocycles. The lowest BCUT2D eigenvalue weighted by Crippen LogP contribution is -2.52. The molecule has 0 radical (unpaired) electrons. The van der Waals surface area contributed by atoms with Crippen LogP contribution < -0.4 is 9.47 Å². The zero-order chi connectivity index (χ0) is 21.6. The minimum absolute atomic E-state index is 0.0678. The Kier molecular flexibility index (Phi) is 7.07. The molecule has 3 heterocycles. The maximum Gasteiger partial charge on any atom is 0.260 e. The highest BCUT2D eigenvalue weighted by atomic mass is 16.5. The first-order valence-electron chi connectivity index (χ1n) is 11.3. The van der Waals surface area contributed by atoms with Gasteiger partial charge in [0, 0.05) is 45.0 Å². The molecular weight excluding hydrogens is 390 g/mol. The Morgan fingerprint density at radius 2 is 2.03 bits per heavy atom. The predicted molar refractivity (Wildman–Crippen MR) is 120 cm³/mol. The van der Waals surface area contributed by atoms with Crippen molar-refractivity contribution in [2.24, 2.45) is 5.92 Å². The summed E-state index contributed by atoms with van der Waals surface area (Å²) in [5.74, 6) is 2.04. The van der Waals surface area contributed by atoms with Crippen molar-refractivity contribution in [3.63, 3.8) is 0 Å². The summed E-state index contributed by atoms with van der Waals surface area (Å²) in [5.41, 5.74) is 2.40. The van der Waals surface area contributed by atoms with Crippen LogP contribution >= 0.6 is 0 Å². The van der Waals surface area contributed by atoms with Crippen molar-refractivity contribution in [2.75, 3.05) is 33.9 Å². The number of fused-ring (bicyclic) bond motifs is 2. The normalized spacial score (nSPS) is 23.0. The highest BCUT2D eigenvalue weighted by Gasteiger charge is 2.34. The van der Waals surface area contributed by atoms with Crippen molar-refractivity contribution in [3.8, 4) is 11.6 Å². The third-order valence-corrected chi connectivity index (χ3v) is 6.68. The number of carbonyl (C=O) groups excluding carboxylic acids is 1. The van der Waals surface area contributed by atoms with Crippen molar-refractivity contribution in [1.82, 2.24) is 14.8 Å². The number of piperidine rings is 1. The molecule has 4 rings (SSSR count). The highest BCUT2D eigenvalue weighted by molar-refractivity contribution is 5.78. The Morgan fingerprint density at radius 3 is 2.84 bits per heavy atom. The maximum absolute atomic E-state index is 12.9. The van der Waals surface area contributed by atoms with Gasteiger partial charge in [-0.05, 0) is 48.8 Å². The number of methoxy groups -OCH3 is 1. The number of carbonyl (C=O) groups is 1. The number of pyridine rings is 1. The van der Waals surface area contributed by atoms with Gasteiger partial charge in [-0.1, -0.05) is 30.7 Å². The summed E-state index contributed by atoms with van der Waals surface area (Å²) in [5, 5.41) is 0. The van der Waals surface area contributed by atoms with Crippen LogP contribution in [0.4, 0.5) is 0 Å². The molecule has 1 aromatic heterocycles. The van der Waals surface area contributed by atoms with Crippen LogP contribution in [-0.4, -0.2) is 60.6 Å². The standard InChI is InChI=1S/C25H33N3O3/c1-27-22-13-14-28(16-19-11-12-24(30-2)26-15-19)17-21(22)9-4-3-7-20-8-5-6-10-23(20)31-18-25(27)29/h5-6,8,10-12,15,21-22H,3-4,7,9,13-14,16-18H2,1-2H3/t21-,22+/m0/s1. The van der Waals surface area contributed by atoms with Gasteiger partial charge >= 0.3 is 0 Å². The van der Waals surface area contributed by atoms with E-state index in [-0.39, 0.29) is 18.6 Å². The van der Waals surface area contributed by atoms with Crippen LogP contribution in [0, 0.1) is 5.92 Å². The minimum Gasteiger partial charge on any atom is -0.483 e. The molecule has 0 unspecified atom stereocenters. The van der Waals surface area contributed by atoms with Crippen LogP contribution in [0.1, 0.15) is 36.8 Å². The third kappa shape index (κ3) is 5.37. The number of benzene rings is 1. The van der Waals surface area contributed by atoms with E-state index in [0.717, 1.165) is 57.5 Å². The molecule has 0 N–H and O–H groups in total. The molecule has 6 nitrogen and oxygen atoms in total. The summed E-state index contributed by atoms with van der Waals surface area (Å²) in [4.78, 5) is 21.7. The molecule has 2 aromatic rings. The number of ether oxygens (including phenoxy) is 2. The average molecular weight is 424 g/mol. The van der Waals surface area contributed by atoms with Crippen LogP contribution in [-0.2, 0) is 17.8 Å². The van der Waals surface area contributed by atoms with Gasteiger partial charge in [-0.15, -0.1) is 0 Å². The molecule has 0 saturated carbocycles. The predicted octanol–water partition coefficient (Wildman–Crippen LogP) is 3.54. The number of aryl methyl sites for hydroxylation is 1. The smallest absolute Gasteiger partial charge is 0.260 e. The number of hydrogen-bond acceptors (Lipinski definition) is 5. The lowest BCUT2D eigenvalue weighted by Gasteiger charge is -2.43. The zero-order valence-corrected chi connectivity index (χ0v) is 18.6. The monoisotopic (exact) mass is 423 g/mol. The number of likely N-dealkylation sites (N-methyl/N-ethyl adjacent to an activating group) is 1. The average Bonchev–Trinajstić information content (AvgIpc) is 2.80. The molecule has 0 bridgehead atoms.